The highest BCUT2D eigenvalue weighted by molar-refractivity contribution is 5.85. The highest BCUT2D eigenvalue weighted by atomic mass is 16.6. The first kappa shape index (κ1) is 25.1. The predicted octanol–water partition coefficient (Wildman–Crippen LogP) is 5.29. The summed E-state index contributed by atoms with van der Waals surface area (Å²) in [5.41, 5.74) is 4.52. The molecule has 0 bridgehead atoms. The number of amides is 2. The van der Waals surface area contributed by atoms with Crippen molar-refractivity contribution in [3.63, 3.8) is 0 Å². The van der Waals surface area contributed by atoms with Crippen LogP contribution in [0.4, 0.5) is 26.7 Å². The Morgan fingerprint density at radius 2 is 0.914 bits per heavy atom. The topological polar surface area (TPSA) is 115 Å². The number of benzene rings is 3. The van der Waals surface area contributed by atoms with E-state index in [1.54, 1.807) is 48.5 Å². The Hall–Kier alpha value is -4.53. The molecule has 0 radical (unpaired) electrons. The fourth-order valence-corrected chi connectivity index (χ4v) is 2.93. The standard InChI is InChI=1S/C26H27N3O6/c1-18(30)33-15-19-5-11-23(12-6-19)28-26(32)35-17-21-7-13-24(14-8-21)29-25(31)34-16-20-3-9-22(27-2)10-4-20/h3-14,27H,15-17H2,1-2H3,(H,28,32)(H,29,31). The van der Waals surface area contributed by atoms with Gasteiger partial charge in [-0.3, -0.25) is 15.4 Å². The Morgan fingerprint density at radius 1 is 0.571 bits per heavy atom. The fraction of sp³-hybridized carbons (Fsp3) is 0.192. The molecule has 0 aliphatic heterocycles. The second kappa shape index (κ2) is 12.6. The molecule has 0 aromatic heterocycles. The van der Waals surface area contributed by atoms with E-state index in [1.807, 2.05) is 31.3 Å². The minimum absolute atomic E-state index is 0.0592. The van der Waals surface area contributed by atoms with Crippen LogP contribution in [0.3, 0.4) is 0 Å². The Morgan fingerprint density at radius 3 is 1.26 bits per heavy atom. The largest absolute Gasteiger partial charge is 0.461 e. The molecule has 3 N–H and O–H groups in total. The second-order valence-corrected chi connectivity index (χ2v) is 7.52. The molecule has 0 fully saturated rings. The number of rotatable bonds is 9. The number of nitrogens with one attached hydrogen (secondary N) is 3. The molecular formula is C26H27N3O6. The van der Waals surface area contributed by atoms with Crippen molar-refractivity contribution < 1.29 is 28.6 Å². The van der Waals surface area contributed by atoms with E-state index >= 15 is 0 Å². The molecule has 0 aliphatic carbocycles. The number of hydrogen-bond acceptors (Lipinski definition) is 7. The molecule has 9 heteroatoms. The maximum absolute atomic E-state index is 12.0. The third kappa shape index (κ3) is 8.73. The summed E-state index contributed by atoms with van der Waals surface area (Å²) >= 11 is 0. The van der Waals surface area contributed by atoms with Gasteiger partial charge in [0.15, 0.2) is 0 Å². The monoisotopic (exact) mass is 477 g/mol. The maximum atomic E-state index is 12.0. The number of carbonyl (C=O) groups excluding carboxylic acids is 3. The van der Waals surface area contributed by atoms with Crippen LogP contribution in [-0.4, -0.2) is 25.2 Å². The van der Waals surface area contributed by atoms with Crippen LogP contribution < -0.4 is 16.0 Å². The van der Waals surface area contributed by atoms with E-state index in [0.29, 0.717) is 11.4 Å². The Balaban J connectivity index is 1.38. The number of anilines is 3. The summed E-state index contributed by atoms with van der Waals surface area (Å²) in [5.74, 6) is -0.355. The smallest absolute Gasteiger partial charge is 0.411 e. The first-order valence-corrected chi connectivity index (χ1v) is 10.9. The SMILES string of the molecule is CNc1ccc(COC(=O)Nc2ccc(COC(=O)Nc3ccc(COC(C)=O)cc3)cc2)cc1. The van der Waals surface area contributed by atoms with E-state index < -0.39 is 12.2 Å². The van der Waals surface area contributed by atoms with Crippen LogP contribution in [0.5, 0.6) is 0 Å². The zero-order valence-corrected chi connectivity index (χ0v) is 19.5. The maximum Gasteiger partial charge on any atom is 0.411 e. The van der Waals surface area contributed by atoms with Gasteiger partial charge in [-0.2, -0.15) is 0 Å². The molecule has 3 aromatic carbocycles. The third-order valence-electron chi connectivity index (χ3n) is 4.83. The second-order valence-electron chi connectivity index (χ2n) is 7.52. The highest BCUT2D eigenvalue weighted by Gasteiger charge is 2.07. The van der Waals surface area contributed by atoms with Gasteiger partial charge >= 0.3 is 18.2 Å². The molecule has 0 saturated heterocycles. The summed E-state index contributed by atoms with van der Waals surface area (Å²) < 4.78 is 15.4. The Labute approximate surface area is 203 Å². The van der Waals surface area contributed by atoms with Gasteiger partial charge in [-0.15, -0.1) is 0 Å². The van der Waals surface area contributed by atoms with Crippen LogP contribution in [0.25, 0.3) is 0 Å². The van der Waals surface area contributed by atoms with Crippen LogP contribution in [0.1, 0.15) is 23.6 Å². The van der Waals surface area contributed by atoms with Gasteiger partial charge in [0.1, 0.15) is 19.8 Å². The van der Waals surface area contributed by atoms with Crippen LogP contribution in [-0.2, 0) is 38.8 Å². The molecule has 3 aromatic rings. The molecule has 0 heterocycles. The van der Waals surface area contributed by atoms with Crippen molar-refractivity contribution in [3.8, 4) is 0 Å². The predicted molar refractivity (Wildman–Crippen MR) is 132 cm³/mol. The molecule has 2 amide bonds. The molecule has 0 unspecified atom stereocenters. The van der Waals surface area contributed by atoms with Crippen molar-refractivity contribution in [1.29, 1.82) is 0 Å². The summed E-state index contributed by atoms with van der Waals surface area (Å²) in [4.78, 5) is 34.9. The van der Waals surface area contributed by atoms with Crippen molar-refractivity contribution in [2.75, 3.05) is 23.0 Å². The van der Waals surface area contributed by atoms with E-state index in [2.05, 4.69) is 16.0 Å². The average Bonchev–Trinajstić information content (AvgIpc) is 2.87. The zero-order valence-electron chi connectivity index (χ0n) is 19.5. The van der Waals surface area contributed by atoms with Crippen LogP contribution >= 0.6 is 0 Å². The highest BCUT2D eigenvalue weighted by Crippen LogP contribution is 2.14. The van der Waals surface area contributed by atoms with Crippen LogP contribution in [0, 0.1) is 0 Å². The van der Waals surface area contributed by atoms with E-state index in [-0.39, 0.29) is 25.8 Å². The lowest BCUT2D eigenvalue weighted by Gasteiger charge is -2.10. The normalized spacial score (nSPS) is 10.1. The molecule has 35 heavy (non-hydrogen) atoms. The van der Waals surface area contributed by atoms with Crippen LogP contribution in [0.2, 0.25) is 0 Å². The van der Waals surface area contributed by atoms with E-state index in [4.69, 9.17) is 14.2 Å². The Bertz CT molecular complexity index is 1130. The van der Waals surface area contributed by atoms with E-state index in [1.165, 1.54) is 6.92 Å². The fourth-order valence-electron chi connectivity index (χ4n) is 2.93. The quantitative estimate of drug-likeness (QED) is 0.283. The van der Waals surface area contributed by atoms with Crippen molar-refractivity contribution in [2.24, 2.45) is 0 Å². The molecule has 0 aliphatic rings. The minimum Gasteiger partial charge on any atom is -0.461 e. The lowest BCUT2D eigenvalue weighted by molar-refractivity contribution is -0.142. The third-order valence-corrected chi connectivity index (χ3v) is 4.83. The van der Waals surface area contributed by atoms with Gasteiger partial charge in [-0.25, -0.2) is 9.59 Å². The van der Waals surface area contributed by atoms with Crippen molar-refractivity contribution in [1.82, 2.24) is 0 Å². The Kier molecular flexibility index (Phi) is 9.07. The molecule has 0 saturated carbocycles. The van der Waals surface area contributed by atoms with Gasteiger partial charge in [0.05, 0.1) is 0 Å². The lowest BCUT2D eigenvalue weighted by Crippen LogP contribution is -2.14. The summed E-state index contributed by atoms with van der Waals surface area (Å²) in [5, 5.41) is 8.31. The summed E-state index contributed by atoms with van der Waals surface area (Å²) in [7, 11) is 1.84. The van der Waals surface area contributed by atoms with Gasteiger partial charge in [-0.05, 0) is 53.1 Å². The molecule has 182 valence electrons. The average molecular weight is 478 g/mol. The van der Waals surface area contributed by atoms with Gasteiger partial charge in [0.25, 0.3) is 0 Å². The van der Waals surface area contributed by atoms with Crippen molar-refractivity contribution >= 4 is 35.2 Å². The van der Waals surface area contributed by atoms with E-state index in [0.717, 1.165) is 22.4 Å². The number of carbonyl (C=O) groups is 3. The van der Waals surface area contributed by atoms with Gasteiger partial charge in [0.2, 0.25) is 0 Å². The summed E-state index contributed by atoms with van der Waals surface area (Å²) in [6, 6.07) is 21.3. The molecule has 0 spiro atoms. The number of esters is 1. The zero-order chi connectivity index (χ0) is 25.0. The summed E-state index contributed by atoms with van der Waals surface area (Å²) in [6.45, 7) is 1.74. The van der Waals surface area contributed by atoms with Crippen LogP contribution in [0.15, 0.2) is 72.8 Å². The van der Waals surface area contributed by atoms with Gasteiger partial charge in [0, 0.05) is 31.0 Å². The molecule has 0 atom stereocenters. The number of ether oxygens (including phenoxy) is 3. The molecule has 9 nitrogen and oxygen atoms in total. The molecular weight excluding hydrogens is 450 g/mol. The summed E-state index contributed by atoms with van der Waals surface area (Å²) in [6.07, 6.45) is -1.17. The lowest BCUT2D eigenvalue weighted by atomic mass is 10.2. The van der Waals surface area contributed by atoms with Gasteiger partial charge in [-0.1, -0.05) is 36.4 Å². The minimum atomic E-state index is -0.605. The van der Waals surface area contributed by atoms with Gasteiger partial charge < -0.3 is 19.5 Å². The first-order valence-electron chi connectivity index (χ1n) is 10.9. The van der Waals surface area contributed by atoms with Crippen molar-refractivity contribution in [3.05, 3.63) is 89.5 Å². The molecule has 3 rings (SSSR count). The first-order chi connectivity index (χ1) is 16.9. The van der Waals surface area contributed by atoms with E-state index in [9.17, 15) is 14.4 Å². The number of hydrogen-bond donors (Lipinski definition) is 3. The van der Waals surface area contributed by atoms with Crippen molar-refractivity contribution in [2.45, 2.75) is 26.7 Å².